The lowest BCUT2D eigenvalue weighted by atomic mass is 10.2. The van der Waals surface area contributed by atoms with Crippen LogP contribution in [0, 0.1) is 5.82 Å². The highest BCUT2D eigenvalue weighted by Gasteiger charge is 2.28. The molecule has 5 heteroatoms. The molecule has 0 N–H and O–H groups in total. The quantitative estimate of drug-likeness (QED) is 0.715. The molecule has 1 aromatic heterocycles. The minimum atomic E-state index is -0.247. The molecule has 1 atom stereocenters. The zero-order chi connectivity index (χ0) is 17.2. The number of benzene rings is 2. The van der Waals surface area contributed by atoms with Crippen LogP contribution in [0.1, 0.15) is 11.8 Å². The van der Waals surface area contributed by atoms with Gasteiger partial charge >= 0.3 is 0 Å². The molecule has 0 unspecified atom stereocenters. The first-order valence-electron chi connectivity index (χ1n) is 8.21. The molecule has 1 aliphatic heterocycles. The fraction of sp³-hybridized carbons (Fsp3) is 0.200. The Labute approximate surface area is 146 Å². The van der Waals surface area contributed by atoms with Crippen molar-refractivity contribution in [1.29, 1.82) is 0 Å². The highest BCUT2D eigenvalue weighted by atomic mass is 19.1. The van der Waals surface area contributed by atoms with E-state index in [1.807, 2.05) is 53.4 Å². The van der Waals surface area contributed by atoms with Crippen LogP contribution in [-0.4, -0.2) is 24.8 Å². The van der Waals surface area contributed by atoms with Gasteiger partial charge < -0.3 is 18.9 Å². The molecule has 2 heterocycles. The van der Waals surface area contributed by atoms with E-state index in [0.29, 0.717) is 6.61 Å². The van der Waals surface area contributed by atoms with E-state index in [2.05, 4.69) is 4.90 Å². The summed E-state index contributed by atoms with van der Waals surface area (Å²) in [7, 11) is 1.66. The van der Waals surface area contributed by atoms with Crippen LogP contribution in [0.2, 0.25) is 0 Å². The molecule has 0 radical (unpaired) electrons. The summed E-state index contributed by atoms with van der Waals surface area (Å²) in [4.78, 5) is 2.20. The maximum atomic E-state index is 13.5. The van der Waals surface area contributed by atoms with Crippen molar-refractivity contribution in [1.82, 2.24) is 4.57 Å². The first kappa shape index (κ1) is 15.7. The summed E-state index contributed by atoms with van der Waals surface area (Å²) in [6, 6.07) is 16.5. The summed E-state index contributed by atoms with van der Waals surface area (Å²) in [5.74, 6) is 0.573. The third-order valence-corrected chi connectivity index (χ3v) is 4.38. The average Bonchev–Trinajstić information content (AvgIpc) is 3.31. The van der Waals surface area contributed by atoms with E-state index >= 15 is 0 Å². The molecule has 128 valence electrons. The molecule has 4 nitrogen and oxygen atoms in total. The van der Waals surface area contributed by atoms with Gasteiger partial charge in [0, 0.05) is 41.9 Å². The Bertz CT molecular complexity index is 877. The predicted octanol–water partition coefficient (Wildman–Crippen LogP) is 4.16. The molecule has 4 rings (SSSR count). The largest absolute Gasteiger partial charge is 0.497 e. The summed E-state index contributed by atoms with van der Waals surface area (Å²) in [5, 5.41) is 0. The van der Waals surface area contributed by atoms with Crippen LogP contribution in [-0.2, 0) is 4.74 Å². The van der Waals surface area contributed by atoms with Gasteiger partial charge in [0.05, 0.1) is 13.7 Å². The summed E-state index contributed by atoms with van der Waals surface area (Å²) in [5.41, 5.74) is 2.88. The van der Waals surface area contributed by atoms with Crippen LogP contribution in [0.3, 0.4) is 0 Å². The van der Waals surface area contributed by atoms with E-state index in [4.69, 9.17) is 9.47 Å². The smallest absolute Gasteiger partial charge is 0.158 e. The van der Waals surface area contributed by atoms with Gasteiger partial charge in [-0.1, -0.05) is 12.1 Å². The van der Waals surface area contributed by atoms with Crippen LogP contribution < -0.4 is 9.64 Å². The molecule has 1 aliphatic rings. The first-order valence-corrected chi connectivity index (χ1v) is 8.21. The lowest BCUT2D eigenvalue weighted by Gasteiger charge is -2.25. The Morgan fingerprint density at radius 1 is 1.08 bits per heavy atom. The Kier molecular flexibility index (Phi) is 4.15. The number of aromatic nitrogens is 1. The molecule has 0 saturated carbocycles. The van der Waals surface area contributed by atoms with E-state index < -0.39 is 0 Å². The van der Waals surface area contributed by atoms with Crippen LogP contribution in [0.4, 0.5) is 10.1 Å². The summed E-state index contributed by atoms with van der Waals surface area (Å²) < 4.78 is 26.6. The minimum absolute atomic E-state index is 0.165. The molecule has 0 amide bonds. The van der Waals surface area contributed by atoms with Crippen molar-refractivity contribution >= 4 is 5.69 Å². The molecule has 0 spiro atoms. The third kappa shape index (κ3) is 3.10. The number of hydrogen-bond acceptors (Lipinski definition) is 3. The standard InChI is InChI=1S/C20H19FN2O2/c1-24-19-7-3-6-18(13-19)23-10-11-25-20(23)15-8-9-22(14-15)17-5-2-4-16(21)12-17/h2-9,12-14,20H,10-11H2,1H3/t20-/m0/s1. The number of nitrogens with zero attached hydrogens (tertiary/aromatic N) is 2. The Balaban J connectivity index is 1.62. The molecule has 25 heavy (non-hydrogen) atoms. The van der Waals surface area contributed by atoms with E-state index in [1.54, 1.807) is 13.2 Å². The summed E-state index contributed by atoms with van der Waals surface area (Å²) in [6.07, 6.45) is 3.75. The van der Waals surface area contributed by atoms with Gasteiger partial charge in [-0.2, -0.15) is 0 Å². The minimum Gasteiger partial charge on any atom is -0.497 e. The predicted molar refractivity (Wildman–Crippen MR) is 94.8 cm³/mol. The third-order valence-electron chi connectivity index (χ3n) is 4.38. The van der Waals surface area contributed by atoms with Gasteiger partial charge in [0.2, 0.25) is 0 Å². The topological polar surface area (TPSA) is 26.6 Å². The maximum Gasteiger partial charge on any atom is 0.158 e. The summed E-state index contributed by atoms with van der Waals surface area (Å²) >= 11 is 0. The van der Waals surface area contributed by atoms with Crippen LogP contribution >= 0.6 is 0 Å². The molecular weight excluding hydrogens is 319 g/mol. The number of methoxy groups -OCH3 is 1. The summed E-state index contributed by atoms with van der Waals surface area (Å²) in [6.45, 7) is 1.47. The van der Waals surface area contributed by atoms with Gasteiger partial charge in [-0.15, -0.1) is 0 Å². The van der Waals surface area contributed by atoms with Crippen molar-refractivity contribution in [2.75, 3.05) is 25.2 Å². The van der Waals surface area contributed by atoms with Gasteiger partial charge in [0.1, 0.15) is 11.6 Å². The van der Waals surface area contributed by atoms with Gasteiger partial charge in [0.15, 0.2) is 6.23 Å². The second-order valence-corrected chi connectivity index (χ2v) is 5.95. The molecular formula is C20H19FN2O2. The van der Waals surface area contributed by atoms with E-state index in [9.17, 15) is 4.39 Å². The van der Waals surface area contributed by atoms with Crippen LogP contribution in [0.25, 0.3) is 5.69 Å². The zero-order valence-electron chi connectivity index (χ0n) is 13.9. The van der Waals surface area contributed by atoms with Crippen LogP contribution in [0.5, 0.6) is 5.75 Å². The first-order chi connectivity index (χ1) is 12.2. The molecule has 0 aliphatic carbocycles. The SMILES string of the molecule is COc1cccc(N2CCO[C@H]2c2ccn(-c3cccc(F)c3)c2)c1. The van der Waals surface area contributed by atoms with E-state index in [0.717, 1.165) is 29.2 Å². The molecule has 0 bridgehead atoms. The highest BCUT2D eigenvalue weighted by Crippen LogP contribution is 2.34. The highest BCUT2D eigenvalue weighted by molar-refractivity contribution is 5.53. The Morgan fingerprint density at radius 3 is 2.76 bits per heavy atom. The van der Waals surface area contributed by atoms with Crippen molar-refractivity contribution < 1.29 is 13.9 Å². The average molecular weight is 338 g/mol. The fourth-order valence-electron chi connectivity index (χ4n) is 3.16. The van der Waals surface area contributed by atoms with E-state index in [-0.39, 0.29) is 12.0 Å². The van der Waals surface area contributed by atoms with Crippen molar-refractivity contribution in [3.05, 3.63) is 78.4 Å². The van der Waals surface area contributed by atoms with E-state index in [1.165, 1.54) is 12.1 Å². The molecule has 2 aromatic carbocycles. The van der Waals surface area contributed by atoms with Gasteiger partial charge in [-0.05, 0) is 36.4 Å². The number of ether oxygens (including phenoxy) is 2. The lowest BCUT2D eigenvalue weighted by Crippen LogP contribution is -2.22. The monoisotopic (exact) mass is 338 g/mol. The molecule has 3 aromatic rings. The number of anilines is 1. The number of rotatable bonds is 4. The Morgan fingerprint density at radius 2 is 1.92 bits per heavy atom. The lowest BCUT2D eigenvalue weighted by molar-refractivity contribution is 0.114. The molecule has 1 saturated heterocycles. The van der Waals surface area contributed by atoms with Gasteiger partial charge in [-0.3, -0.25) is 0 Å². The van der Waals surface area contributed by atoms with Crippen molar-refractivity contribution in [3.8, 4) is 11.4 Å². The number of hydrogen-bond donors (Lipinski definition) is 0. The van der Waals surface area contributed by atoms with Crippen molar-refractivity contribution in [3.63, 3.8) is 0 Å². The maximum absolute atomic E-state index is 13.5. The zero-order valence-corrected chi connectivity index (χ0v) is 13.9. The second-order valence-electron chi connectivity index (χ2n) is 5.95. The molecule has 1 fully saturated rings. The van der Waals surface area contributed by atoms with Crippen molar-refractivity contribution in [2.24, 2.45) is 0 Å². The van der Waals surface area contributed by atoms with Gasteiger partial charge in [-0.25, -0.2) is 4.39 Å². The van der Waals surface area contributed by atoms with Crippen molar-refractivity contribution in [2.45, 2.75) is 6.23 Å². The van der Waals surface area contributed by atoms with Crippen LogP contribution in [0.15, 0.2) is 67.0 Å². The second kappa shape index (κ2) is 6.61. The normalized spacial score (nSPS) is 17.0. The Hall–Kier alpha value is -2.79. The number of halogens is 1. The fourth-order valence-corrected chi connectivity index (χ4v) is 3.16. The van der Waals surface area contributed by atoms with Gasteiger partial charge in [0.25, 0.3) is 0 Å².